The normalized spacial score (nSPS) is 16.9. The molecular formula is C26H34N4O2. The lowest BCUT2D eigenvalue weighted by Gasteiger charge is -2.32. The Morgan fingerprint density at radius 2 is 2.09 bits per heavy atom. The fourth-order valence-corrected chi connectivity index (χ4v) is 4.78. The number of nitrogens with zero attached hydrogens (tertiary/aromatic N) is 3. The molecule has 6 nitrogen and oxygen atoms in total. The van der Waals surface area contributed by atoms with E-state index in [-0.39, 0.29) is 5.91 Å². The van der Waals surface area contributed by atoms with E-state index in [4.69, 9.17) is 9.72 Å². The van der Waals surface area contributed by atoms with Gasteiger partial charge in [0.05, 0.1) is 24.7 Å². The lowest BCUT2D eigenvalue weighted by molar-refractivity contribution is -0.116. The van der Waals surface area contributed by atoms with Gasteiger partial charge in [-0.05, 0) is 81.5 Å². The third-order valence-corrected chi connectivity index (χ3v) is 6.51. The van der Waals surface area contributed by atoms with E-state index < -0.39 is 0 Å². The second-order valence-electron chi connectivity index (χ2n) is 8.77. The largest absolute Gasteiger partial charge is 0.497 e. The van der Waals surface area contributed by atoms with Crippen molar-refractivity contribution in [2.24, 2.45) is 5.92 Å². The molecule has 0 aliphatic carbocycles. The fourth-order valence-electron chi connectivity index (χ4n) is 4.78. The predicted octanol–water partition coefficient (Wildman–Crippen LogP) is 5.00. The smallest absolute Gasteiger partial charge is 0.224 e. The number of anilines is 1. The van der Waals surface area contributed by atoms with Crippen LogP contribution in [0.1, 0.15) is 44.0 Å². The summed E-state index contributed by atoms with van der Waals surface area (Å²) in [4.78, 5) is 19.9. The number of likely N-dealkylation sites (tertiary alicyclic amines) is 1. The Morgan fingerprint density at radius 3 is 2.88 bits per heavy atom. The number of aromatic nitrogens is 2. The van der Waals surface area contributed by atoms with Crippen LogP contribution in [-0.4, -0.2) is 40.6 Å². The number of rotatable bonds is 8. The Balaban J connectivity index is 1.31. The summed E-state index contributed by atoms with van der Waals surface area (Å²) in [7, 11) is 1.65. The van der Waals surface area contributed by atoms with E-state index in [9.17, 15) is 4.79 Å². The van der Waals surface area contributed by atoms with Gasteiger partial charge in [0.15, 0.2) is 0 Å². The van der Waals surface area contributed by atoms with Crippen LogP contribution in [0.5, 0.6) is 5.75 Å². The molecule has 1 N–H and O–H groups in total. The maximum atomic E-state index is 12.5. The third-order valence-electron chi connectivity index (χ3n) is 6.51. The molecule has 1 aliphatic heterocycles. The zero-order valence-corrected chi connectivity index (χ0v) is 19.4. The number of carbonyl (C=O) groups is 1. The van der Waals surface area contributed by atoms with Gasteiger partial charge in [0.1, 0.15) is 11.6 Å². The first-order valence-corrected chi connectivity index (χ1v) is 11.7. The molecule has 1 unspecified atom stereocenters. The molecule has 3 aromatic rings. The first kappa shape index (κ1) is 22.3. The van der Waals surface area contributed by atoms with Crippen molar-refractivity contribution >= 4 is 22.6 Å². The predicted molar refractivity (Wildman–Crippen MR) is 129 cm³/mol. The molecule has 1 saturated heterocycles. The number of imidazole rings is 1. The van der Waals surface area contributed by atoms with E-state index in [1.807, 2.05) is 25.1 Å². The Hall–Kier alpha value is -2.86. The summed E-state index contributed by atoms with van der Waals surface area (Å²) in [5.74, 6) is 2.58. The average Bonchev–Trinajstić information content (AvgIpc) is 3.16. The minimum atomic E-state index is 0.0863. The molecule has 1 fully saturated rings. The lowest BCUT2D eigenvalue weighted by atomic mass is 9.93. The minimum Gasteiger partial charge on any atom is -0.497 e. The number of ether oxygens (including phenoxy) is 1. The van der Waals surface area contributed by atoms with E-state index >= 15 is 0 Å². The van der Waals surface area contributed by atoms with Gasteiger partial charge in [0.25, 0.3) is 0 Å². The first-order chi connectivity index (χ1) is 15.6. The summed E-state index contributed by atoms with van der Waals surface area (Å²) in [5.41, 5.74) is 4.16. The summed E-state index contributed by atoms with van der Waals surface area (Å²) in [5, 5.41) is 3.06. The van der Waals surface area contributed by atoms with Gasteiger partial charge in [-0.15, -0.1) is 0 Å². The van der Waals surface area contributed by atoms with Crippen molar-refractivity contribution < 1.29 is 9.53 Å². The number of hydrogen-bond donors (Lipinski definition) is 1. The average molecular weight is 435 g/mol. The summed E-state index contributed by atoms with van der Waals surface area (Å²) in [6.45, 7) is 8.09. The molecule has 1 aliphatic rings. The highest BCUT2D eigenvalue weighted by molar-refractivity contribution is 5.91. The number of nitrogens with one attached hydrogen (secondary N) is 1. The molecule has 170 valence electrons. The molecular weight excluding hydrogens is 400 g/mol. The van der Waals surface area contributed by atoms with Crippen LogP contribution in [0.3, 0.4) is 0 Å². The molecule has 0 saturated carbocycles. The molecule has 4 rings (SSSR count). The highest BCUT2D eigenvalue weighted by Gasteiger charge is 2.22. The molecule has 0 spiro atoms. The number of amides is 1. The van der Waals surface area contributed by atoms with Crippen LogP contribution < -0.4 is 10.1 Å². The van der Waals surface area contributed by atoms with E-state index in [1.165, 1.54) is 18.4 Å². The number of piperidine rings is 1. The van der Waals surface area contributed by atoms with Gasteiger partial charge in [-0.3, -0.25) is 9.69 Å². The molecule has 6 heteroatoms. The molecule has 1 aromatic heterocycles. The molecule has 1 atom stereocenters. The fraction of sp³-hybridized carbons (Fsp3) is 0.462. The van der Waals surface area contributed by atoms with E-state index in [2.05, 4.69) is 46.0 Å². The van der Waals surface area contributed by atoms with Gasteiger partial charge in [-0.1, -0.05) is 12.1 Å². The Kier molecular flexibility index (Phi) is 7.10. The van der Waals surface area contributed by atoms with Crippen LogP contribution >= 0.6 is 0 Å². The number of aryl methyl sites for hydroxylation is 2. The summed E-state index contributed by atoms with van der Waals surface area (Å²) >= 11 is 0. The number of fused-ring (bicyclic) bond motifs is 1. The van der Waals surface area contributed by atoms with Gasteiger partial charge >= 0.3 is 0 Å². The van der Waals surface area contributed by atoms with Crippen molar-refractivity contribution in [1.82, 2.24) is 14.5 Å². The summed E-state index contributed by atoms with van der Waals surface area (Å²) < 4.78 is 7.57. The van der Waals surface area contributed by atoms with E-state index in [1.54, 1.807) is 7.11 Å². The van der Waals surface area contributed by atoms with Crippen LogP contribution in [0.2, 0.25) is 0 Å². The van der Waals surface area contributed by atoms with Crippen LogP contribution in [0.25, 0.3) is 11.0 Å². The maximum absolute atomic E-state index is 12.5. The van der Waals surface area contributed by atoms with E-state index in [0.29, 0.717) is 12.3 Å². The maximum Gasteiger partial charge on any atom is 0.224 e. The van der Waals surface area contributed by atoms with Crippen molar-refractivity contribution in [2.75, 3.05) is 25.5 Å². The lowest BCUT2D eigenvalue weighted by Crippen LogP contribution is -2.36. The Labute approximate surface area is 190 Å². The molecule has 0 bridgehead atoms. The molecule has 2 aromatic carbocycles. The zero-order valence-electron chi connectivity index (χ0n) is 19.4. The van der Waals surface area contributed by atoms with Gasteiger partial charge < -0.3 is 14.6 Å². The zero-order chi connectivity index (χ0) is 22.5. The second kappa shape index (κ2) is 10.2. The van der Waals surface area contributed by atoms with Gasteiger partial charge in [0, 0.05) is 25.2 Å². The van der Waals surface area contributed by atoms with Crippen molar-refractivity contribution in [2.45, 2.75) is 52.6 Å². The molecule has 0 radical (unpaired) electrons. The molecule has 2 heterocycles. The van der Waals surface area contributed by atoms with Crippen LogP contribution in [0, 0.1) is 12.8 Å². The van der Waals surface area contributed by atoms with Crippen molar-refractivity contribution in [1.29, 1.82) is 0 Å². The van der Waals surface area contributed by atoms with Crippen molar-refractivity contribution in [3.63, 3.8) is 0 Å². The standard InChI is InChI=1S/C26H34N4O2/c1-4-30-24-10-6-5-9-23(24)27-25(30)18-29-15-7-8-20(17-29)11-14-26(31)28-22-13-12-21(32-3)16-19(22)2/h5-6,9-10,12-13,16,20H,4,7-8,11,14-15,17-18H2,1-3H3,(H,28,31). The van der Waals surface area contributed by atoms with Crippen LogP contribution in [-0.2, 0) is 17.9 Å². The summed E-state index contributed by atoms with van der Waals surface area (Å²) in [6.07, 6.45) is 3.84. The topological polar surface area (TPSA) is 59.4 Å². The highest BCUT2D eigenvalue weighted by atomic mass is 16.5. The van der Waals surface area contributed by atoms with Crippen LogP contribution in [0.15, 0.2) is 42.5 Å². The van der Waals surface area contributed by atoms with Crippen LogP contribution in [0.4, 0.5) is 5.69 Å². The number of benzene rings is 2. The molecule has 1 amide bonds. The Bertz CT molecular complexity index is 1070. The third kappa shape index (κ3) is 5.13. The molecule has 32 heavy (non-hydrogen) atoms. The first-order valence-electron chi connectivity index (χ1n) is 11.7. The van der Waals surface area contributed by atoms with E-state index in [0.717, 1.165) is 60.9 Å². The van der Waals surface area contributed by atoms with Gasteiger partial charge in [-0.25, -0.2) is 4.98 Å². The van der Waals surface area contributed by atoms with Gasteiger partial charge in [-0.2, -0.15) is 0 Å². The monoisotopic (exact) mass is 434 g/mol. The SMILES string of the molecule is CCn1c(CN2CCCC(CCC(=O)Nc3ccc(OC)cc3C)C2)nc2ccccc21. The number of para-hydroxylation sites is 2. The van der Waals surface area contributed by atoms with Crippen molar-refractivity contribution in [3.05, 3.63) is 53.9 Å². The number of hydrogen-bond acceptors (Lipinski definition) is 4. The minimum absolute atomic E-state index is 0.0863. The summed E-state index contributed by atoms with van der Waals surface area (Å²) in [6, 6.07) is 14.1. The Morgan fingerprint density at radius 1 is 1.25 bits per heavy atom. The number of carbonyl (C=O) groups excluding carboxylic acids is 1. The van der Waals surface area contributed by atoms with Gasteiger partial charge in [0.2, 0.25) is 5.91 Å². The second-order valence-corrected chi connectivity index (χ2v) is 8.77. The quantitative estimate of drug-likeness (QED) is 0.542. The van der Waals surface area contributed by atoms with Crippen molar-refractivity contribution in [3.8, 4) is 5.75 Å². The number of methoxy groups -OCH3 is 1. The highest BCUT2D eigenvalue weighted by Crippen LogP contribution is 2.25.